The summed E-state index contributed by atoms with van der Waals surface area (Å²) in [6, 6.07) is 30.3. The molecule has 0 aliphatic carbocycles. The average molecular weight is 345 g/mol. The molecular formula is C22H20NOP. The van der Waals surface area contributed by atoms with Crippen LogP contribution in [0.5, 0.6) is 0 Å². The topological polar surface area (TPSA) is 21.6 Å². The number of nitrogens with zero attached hydrogens (tertiary/aromatic N) is 1. The number of aliphatic imine (C=N–C) groups is 1. The third-order valence-electron chi connectivity index (χ3n) is 4.35. The summed E-state index contributed by atoms with van der Waals surface area (Å²) in [6.07, 6.45) is 0. The molecule has 3 aromatic rings. The lowest BCUT2D eigenvalue weighted by Crippen LogP contribution is -2.24. The Morgan fingerprint density at radius 3 is 1.92 bits per heavy atom. The third-order valence-corrected chi connectivity index (χ3v) is 6.87. The highest BCUT2D eigenvalue weighted by Crippen LogP contribution is 2.36. The minimum Gasteiger partial charge on any atom is -0.479 e. The summed E-state index contributed by atoms with van der Waals surface area (Å²) >= 11 is 0. The van der Waals surface area contributed by atoms with Crippen molar-refractivity contribution in [1.82, 2.24) is 0 Å². The highest BCUT2D eigenvalue weighted by molar-refractivity contribution is 7.79. The Labute approximate surface area is 150 Å². The van der Waals surface area contributed by atoms with E-state index in [9.17, 15) is 0 Å². The van der Waals surface area contributed by atoms with Crippen LogP contribution in [0, 0.1) is 0 Å². The second-order valence-electron chi connectivity index (χ2n) is 6.04. The zero-order chi connectivity index (χ0) is 17.1. The monoisotopic (exact) mass is 345 g/mol. The maximum atomic E-state index is 5.62. The van der Waals surface area contributed by atoms with Gasteiger partial charge in [0.05, 0.1) is 0 Å². The molecule has 1 atom stereocenters. The number of ether oxygens (including phenoxy) is 1. The lowest BCUT2D eigenvalue weighted by molar-refractivity contribution is 0.317. The molecule has 0 amide bonds. The van der Waals surface area contributed by atoms with Crippen LogP contribution in [-0.2, 0) is 4.74 Å². The molecule has 1 aliphatic rings. The quantitative estimate of drug-likeness (QED) is 0.657. The van der Waals surface area contributed by atoms with E-state index < -0.39 is 7.92 Å². The molecule has 0 saturated carbocycles. The molecule has 0 bridgehead atoms. The fourth-order valence-corrected chi connectivity index (χ4v) is 5.72. The molecule has 0 radical (unpaired) electrons. The third kappa shape index (κ3) is 3.36. The van der Waals surface area contributed by atoms with E-state index >= 15 is 0 Å². The summed E-state index contributed by atoms with van der Waals surface area (Å²) in [5.41, 5.74) is 1.28. The Balaban J connectivity index is 1.87. The minimum absolute atomic E-state index is 0.0913. The van der Waals surface area contributed by atoms with Gasteiger partial charge in [-0.15, -0.1) is 0 Å². The van der Waals surface area contributed by atoms with Gasteiger partial charge in [-0.05, 0) is 29.4 Å². The van der Waals surface area contributed by atoms with Gasteiger partial charge in [0.15, 0.2) is 5.90 Å². The molecule has 3 heteroatoms. The van der Waals surface area contributed by atoms with Crippen molar-refractivity contribution in [2.45, 2.75) is 13.0 Å². The lowest BCUT2D eigenvalue weighted by atomic mass is 10.1. The molecule has 0 aromatic heterocycles. The van der Waals surface area contributed by atoms with Crippen molar-refractivity contribution in [3.63, 3.8) is 0 Å². The second kappa shape index (κ2) is 7.21. The first-order valence-electron chi connectivity index (χ1n) is 8.49. The molecule has 3 aromatic carbocycles. The summed E-state index contributed by atoms with van der Waals surface area (Å²) in [5.74, 6) is 0.781. The smallest absolute Gasteiger partial charge is 0.180 e. The van der Waals surface area contributed by atoms with Crippen LogP contribution in [0.1, 0.15) is 18.5 Å². The van der Waals surface area contributed by atoms with E-state index in [1.165, 1.54) is 21.5 Å². The first kappa shape index (κ1) is 16.1. The molecule has 0 saturated heterocycles. The summed E-state index contributed by atoms with van der Waals surface area (Å²) in [7, 11) is -0.622. The van der Waals surface area contributed by atoms with Gasteiger partial charge in [0.2, 0.25) is 0 Å². The molecule has 0 fully saturated rings. The van der Waals surface area contributed by atoms with Gasteiger partial charge in [-0.3, -0.25) is 0 Å². The van der Waals surface area contributed by atoms with Crippen molar-refractivity contribution in [3.05, 3.63) is 90.5 Å². The highest BCUT2D eigenvalue weighted by Gasteiger charge is 2.25. The Kier molecular flexibility index (Phi) is 4.63. The molecular weight excluding hydrogens is 325 g/mol. The van der Waals surface area contributed by atoms with Crippen molar-refractivity contribution in [3.8, 4) is 0 Å². The Morgan fingerprint density at radius 2 is 1.36 bits per heavy atom. The first-order chi connectivity index (χ1) is 12.3. The molecule has 4 rings (SSSR count). The molecule has 1 aliphatic heterocycles. The largest absolute Gasteiger partial charge is 0.479 e. The van der Waals surface area contributed by atoms with Crippen molar-refractivity contribution in [2.75, 3.05) is 6.61 Å². The van der Waals surface area contributed by atoms with Gasteiger partial charge in [-0.1, -0.05) is 84.9 Å². The van der Waals surface area contributed by atoms with Gasteiger partial charge in [0, 0.05) is 6.92 Å². The van der Waals surface area contributed by atoms with Crippen molar-refractivity contribution in [2.24, 2.45) is 4.99 Å². The zero-order valence-electron chi connectivity index (χ0n) is 14.2. The number of hydrogen-bond acceptors (Lipinski definition) is 2. The van der Waals surface area contributed by atoms with Crippen LogP contribution in [0.2, 0.25) is 0 Å². The maximum absolute atomic E-state index is 5.62. The van der Waals surface area contributed by atoms with E-state index in [1.807, 2.05) is 6.92 Å². The first-order valence-corrected chi connectivity index (χ1v) is 9.83. The fourth-order valence-electron chi connectivity index (χ4n) is 3.21. The highest BCUT2D eigenvalue weighted by atomic mass is 31.1. The van der Waals surface area contributed by atoms with Gasteiger partial charge in [0.1, 0.15) is 12.6 Å². The standard InChI is InChI=1S/C22H20NOP/c1-17-23-21(16-24-17)20-14-8-9-15-22(20)25(18-10-4-2-5-11-18)19-12-6-3-7-13-19/h2-15,21H,16H2,1H3/t21-/m1/s1. The number of rotatable bonds is 4. The van der Waals surface area contributed by atoms with Crippen LogP contribution < -0.4 is 15.9 Å². The van der Waals surface area contributed by atoms with E-state index in [1.54, 1.807) is 0 Å². The molecule has 0 N–H and O–H groups in total. The van der Waals surface area contributed by atoms with Gasteiger partial charge in [0.25, 0.3) is 0 Å². The Hall–Kier alpha value is -2.44. The molecule has 1 heterocycles. The van der Waals surface area contributed by atoms with Gasteiger partial charge in [-0.25, -0.2) is 4.99 Å². The van der Waals surface area contributed by atoms with Crippen LogP contribution in [0.15, 0.2) is 89.9 Å². The average Bonchev–Trinajstić information content (AvgIpc) is 3.10. The maximum Gasteiger partial charge on any atom is 0.180 e. The predicted octanol–water partition coefficient (Wildman–Crippen LogP) is 3.93. The van der Waals surface area contributed by atoms with Crippen molar-refractivity contribution >= 4 is 29.7 Å². The Morgan fingerprint density at radius 1 is 0.800 bits per heavy atom. The Bertz CT molecular complexity index is 837. The SMILES string of the molecule is CC1=N[C@@H](c2ccccc2P(c2ccccc2)c2ccccc2)CO1. The van der Waals surface area contributed by atoms with Crippen LogP contribution in [-0.4, -0.2) is 12.5 Å². The number of hydrogen-bond donors (Lipinski definition) is 0. The summed E-state index contributed by atoms with van der Waals surface area (Å²) in [5, 5.41) is 4.08. The van der Waals surface area contributed by atoms with E-state index in [4.69, 9.17) is 9.73 Å². The molecule has 2 nitrogen and oxygen atoms in total. The molecule has 0 unspecified atom stereocenters. The lowest BCUT2D eigenvalue weighted by Gasteiger charge is -2.23. The molecule has 25 heavy (non-hydrogen) atoms. The second-order valence-corrected chi connectivity index (χ2v) is 8.23. The van der Waals surface area contributed by atoms with Crippen LogP contribution in [0.3, 0.4) is 0 Å². The van der Waals surface area contributed by atoms with Crippen molar-refractivity contribution in [1.29, 1.82) is 0 Å². The van der Waals surface area contributed by atoms with E-state index in [-0.39, 0.29) is 6.04 Å². The summed E-state index contributed by atoms with van der Waals surface area (Å²) in [6.45, 7) is 2.56. The van der Waals surface area contributed by atoms with Gasteiger partial charge in [-0.2, -0.15) is 0 Å². The zero-order valence-corrected chi connectivity index (χ0v) is 15.1. The van der Waals surface area contributed by atoms with Gasteiger partial charge >= 0.3 is 0 Å². The molecule has 0 spiro atoms. The molecule has 124 valence electrons. The van der Waals surface area contributed by atoms with E-state index in [0.717, 1.165) is 5.90 Å². The number of benzene rings is 3. The van der Waals surface area contributed by atoms with E-state index in [0.29, 0.717) is 6.61 Å². The van der Waals surface area contributed by atoms with E-state index in [2.05, 4.69) is 84.9 Å². The minimum atomic E-state index is -0.622. The van der Waals surface area contributed by atoms with Crippen molar-refractivity contribution < 1.29 is 4.74 Å². The summed E-state index contributed by atoms with van der Waals surface area (Å²) in [4.78, 5) is 4.69. The van der Waals surface area contributed by atoms with Crippen LogP contribution in [0.25, 0.3) is 0 Å². The van der Waals surface area contributed by atoms with Gasteiger partial charge < -0.3 is 4.74 Å². The van der Waals surface area contributed by atoms with Crippen LogP contribution >= 0.6 is 7.92 Å². The predicted molar refractivity (Wildman–Crippen MR) is 107 cm³/mol. The van der Waals surface area contributed by atoms with Crippen LogP contribution in [0.4, 0.5) is 0 Å². The fraction of sp³-hybridized carbons (Fsp3) is 0.136. The summed E-state index contributed by atoms with van der Waals surface area (Å²) < 4.78 is 5.62. The normalized spacial score (nSPS) is 16.6.